The van der Waals surface area contributed by atoms with Gasteiger partial charge in [-0.1, -0.05) is 42.5 Å². The van der Waals surface area contributed by atoms with E-state index < -0.39 is 10.8 Å². The number of hydrogen-bond acceptors (Lipinski definition) is 7. The lowest BCUT2D eigenvalue weighted by molar-refractivity contribution is -0.384. The lowest BCUT2D eigenvalue weighted by Gasteiger charge is -2.13. The van der Waals surface area contributed by atoms with Crippen LogP contribution in [0.25, 0.3) is 11.4 Å². The topological polar surface area (TPSA) is 106 Å². The van der Waals surface area contributed by atoms with Crippen LogP contribution in [-0.4, -0.2) is 39.7 Å². The molecule has 1 heterocycles. The van der Waals surface area contributed by atoms with Crippen molar-refractivity contribution >= 4 is 23.2 Å². The molecular formula is C24H22N6O3. The van der Waals surface area contributed by atoms with Crippen LogP contribution in [-0.2, 0) is 6.54 Å². The molecule has 33 heavy (non-hydrogen) atoms. The maximum absolute atomic E-state index is 13.2. The SMILES string of the molecule is CN(C)c1ccc(CNc2nc(-c3ccccc3)nn2C(=O)c2ccc([N+](=O)[O-])cc2)cc1. The average Bonchev–Trinajstić information content (AvgIpc) is 3.27. The third kappa shape index (κ3) is 4.87. The van der Waals surface area contributed by atoms with E-state index in [0.717, 1.165) is 16.8 Å². The van der Waals surface area contributed by atoms with Gasteiger partial charge in [0, 0.05) is 49.6 Å². The molecule has 0 radical (unpaired) electrons. The van der Waals surface area contributed by atoms with Crippen LogP contribution in [0.15, 0.2) is 78.9 Å². The maximum atomic E-state index is 13.2. The second-order valence-corrected chi connectivity index (χ2v) is 7.56. The van der Waals surface area contributed by atoms with Crippen LogP contribution in [0.4, 0.5) is 17.3 Å². The van der Waals surface area contributed by atoms with E-state index in [9.17, 15) is 14.9 Å². The van der Waals surface area contributed by atoms with Gasteiger partial charge in [0.05, 0.1) is 4.92 Å². The molecule has 4 rings (SSSR count). The van der Waals surface area contributed by atoms with E-state index in [-0.39, 0.29) is 17.2 Å². The highest BCUT2D eigenvalue weighted by atomic mass is 16.6. The molecule has 1 aromatic heterocycles. The van der Waals surface area contributed by atoms with Crippen molar-refractivity contribution in [2.24, 2.45) is 0 Å². The number of nitro groups is 1. The third-order valence-corrected chi connectivity index (χ3v) is 5.06. The van der Waals surface area contributed by atoms with Crippen LogP contribution in [0, 0.1) is 10.1 Å². The number of nitrogens with zero attached hydrogens (tertiary/aromatic N) is 5. The molecule has 0 aliphatic carbocycles. The number of nitro benzene ring substituents is 1. The first kappa shape index (κ1) is 21.7. The van der Waals surface area contributed by atoms with Crippen LogP contribution < -0.4 is 10.2 Å². The van der Waals surface area contributed by atoms with Gasteiger partial charge >= 0.3 is 0 Å². The first-order chi connectivity index (χ1) is 15.9. The van der Waals surface area contributed by atoms with Crippen molar-refractivity contribution in [3.05, 3.63) is 100 Å². The Morgan fingerprint density at radius 1 is 1.00 bits per heavy atom. The minimum atomic E-state index is -0.508. The van der Waals surface area contributed by atoms with Crippen molar-refractivity contribution in [1.82, 2.24) is 14.8 Å². The fourth-order valence-corrected chi connectivity index (χ4v) is 3.22. The molecule has 166 valence electrons. The Labute approximate surface area is 190 Å². The van der Waals surface area contributed by atoms with Gasteiger partial charge in [-0.3, -0.25) is 14.9 Å². The summed E-state index contributed by atoms with van der Waals surface area (Å²) in [5.41, 5.74) is 3.05. The summed E-state index contributed by atoms with van der Waals surface area (Å²) in [7, 11) is 3.95. The van der Waals surface area contributed by atoms with Crippen molar-refractivity contribution in [3.8, 4) is 11.4 Å². The summed E-state index contributed by atoms with van der Waals surface area (Å²) in [5.74, 6) is 0.246. The zero-order valence-electron chi connectivity index (χ0n) is 18.2. The molecular weight excluding hydrogens is 420 g/mol. The smallest absolute Gasteiger partial charge is 0.281 e. The molecule has 0 saturated heterocycles. The lowest BCUT2D eigenvalue weighted by atomic mass is 10.2. The summed E-state index contributed by atoms with van der Waals surface area (Å²) in [5, 5.41) is 18.5. The molecule has 9 nitrogen and oxygen atoms in total. The zero-order valence-corrected chi connectivity index (χ0v) is 18.2. The second-order valence-electron chi connectivity index (χ2n) is 7.56. The van der Waals surface area contributed by atoms with E-state index in [4.69, 9.17) is 0 Å². The molecule has 3 aromatic carbocycles. The molecule has 0 saturated carbocycles. The van der Waals surface area contributed by atoms with E-state index in [2.05, 4.69) is 15.4 Å². The Morgan fingerprint density at radius 2 is 1.67 bits per heavy atom. The normalized spacial score (nSPS) is 10.6. The highest BCUT2D eigenvalue weighted by Gasteiger charge is 2.19. The number of carbonyl (C=O) groups excluding carboxylic acids is 1. The second kappa shape index (κ2) is 9.31. The van der Waals surface area contributed by atoms with Crippen molar-refractivity contribution in [2.45, 2.75) is 6.54 Å². The van der Waals surface area contributed by atoms with E-state index >= 15 is 0 Å². The Bertz CT molecular complexity index is 1270. The van der Waals surface area contributed by atoms with Gasteiger partial charge in [0.2, 0.25) is 5.95 Å². The van der Waals surface area contributed by atoms with E-state index in [1.165, 1.54) is 28.9 Å². The number of nitrogens with one attached hydrogen (secondary N) is 1. The third-order valence-electron chi connectivity index (χ3n) is 5.06. The summed E-state index contributed by atoms with van der Waals surface area (Å²) < 4.78 is 1.19. The Balaban J connectivity index is 1.63. The molecule has 0 bridgehead atoms. The van der Waals surface area contributed by atoms with Crippen LogP contribution >= 0.6 is 0 Å². The zero-order chi connectivity index (χ0) is 23.4. The number of carbonyl (C=O) groups is 1. The Morgan fingerprint density at radius 3 is 2.27 bits per heavy atom. The van der Waals surface area contributed by atoms with E-state index in [1.54, 1.807) is 0 Å². The van der Waals surface area contributed by atoms with Crippen molar-refractivity contribution in [3.63, 3.8) is 0 Å². The van der Waals surface area contributed by atoms with Crippen molar-refractivity contribution in [1.29, 1.82) is 0 Å². The molecule has 0 atom stereocenters. The first-order valence-corrected chi connectivity index (χ1v) is 10.2. The van der Waals surface area contributed by atoms with Crippen molar-refractivity contribution < 1.29 is 9.72 Å². The van der Waals surface area contributed by atoms with Gasteiger partial charge in [0.1, 0.15) is 0 Å². The first-order valence-electron chi connectivity index (χ1n) is 10.2. The largest absolute Gasteiger partial charge is 0.378 e. The highest BCUT2D eigenvalue weighted by Crippen LogP contribution is 2.21. The summed E-state index contributed by atoms with van der Waals surface area (Å²) in [6.07, 6.45) is 0. The van der Waals surface area contributed by atoms with Crippen LogP contribution in [0.1, 0.15) is 15.9 Å². The summed E-state index contributed by atoms with van der Waals surface area (Å²) in [6.45, 7) is 0.439. The van der Waals surface area contributed by atoms with Gasteiger partial charge in [0.25, 0.3) is 11.6 Å². The van der Waals surface area contributed by atoms with Gasteiger partial charge in [-0.15, -0.1) is 5.10 Å². The molecule has 0 aliphatic heterocycles. The number of rotatable bonds is 7. The predicted molar refractivity (Wildman–Crippen MR) is 126 cm³/mol. The molecule has 0 spiro atoms. The van der Waals surface area contributed by atoms with Gasteiger partial charge < -0.3 is 10.2 Å². The number of non-ortho nitro benzene ring substituents is 1. The molecule has 1 N–H and O–H groups in total. The average molecular weight is 442 g/mol. The summed E-state index contributed by atoms with van der Waals surface area (Å²) in [4.78, 5) is 30.1. The van der Waals surface area contributed by atoms with Gasteiger partial charge in [-0.25, -0.2) is 0 Å². The monoisotopic (exact) mass is 442 g/mol. The number of anilines is 2. The Hall–Kier alpha value is -4.53. The molecule has 0 fully saturated rings. The summed E-state index contributed by atoms with van der Waals surface area (Å²) in [6, 6.07) is 22.8. The molecule has 0 aliphatic rings. The number of benzene rings is 3. The Kier molecular flexibility index (Phi) is 6.12. The minimum absolute atomic E-state index is 0.0883. The molecule has 0 amide bonds. The van der Waals surface area contributed by atoms with E-state index in [1.807, 2.05) is 73.6 Å². The number of hydrogen-bond donors (Lipinski definition) is 1. The van der Waals surface area contributed by atoms with Crippen LogP contribution in [0.3, 0.4) is 0 Å². The van der Waals surface area contributed by atoms with Crippen molar-refractivity contribution in [2.75, 3.05) is 24.3 Å². The molecule has 4 aromatic rings. The molecule has 0 unspecified atom stereocenters. The fraction of sp³-hybridized carbons (Fsp3) is 0.125. The highest BCUT2D eigenvalue weighted by molar-refractivity contribution is 5.97. The van der Waals surface area contributed by atoms with Crippen LogP contribution in [0.2, 0.25) is 0 Å². The van der Waals surface area contributed by atoms with Gasteiger partial charge in [-0.2, -0.15) is 9.67 Å². The minimum Gasteiger partial charge on any atom is -0.378 e. The quantitative estimate of drug-likeness (QED) is 0.337. The fourth-order valence-electron chi connectivity index (χ4n) is 3.22. The van der Waals surface area contributed by atoms with Gasteiger partial charge in [0.15, 0.2) is 5.82 Å². The van der Waals surface area contributed by atoms with Crippen LogP contribution in [0.5, 0.6) is 0 Å². The number of aromatic nitrogens is 3. The standard InChI is InChI=1S/C24H22N6O3/c1-28(2)20-12-8-17(9-13-20)16-25-24-26-22(18-6-4-3-5-7-18)27-29(24)23(31)19-10-14-21(15-11-19)30(32)33/h3-15H,16H2,1-2H3,(H,25,26,27). The maximum Gasteiger partial charge on any atom is 0.281 e. The molecule has 9 heteroatoms. The van der Waals surface area contributed by atoms with Gasteiger partial charge in [-0.05, 0) is 29.8 Å². The lowest BCUT2D eigenvalue weighted by Crippen LogP contribution is -2.17. The van der Waals surface area contributed by atoms with E-state index in [0.29, 0.717) is 12.4 Å². The summed E-state index contributed by atoms with van der Waals surface area (Å²) >= 11 is 0. The predicted octanol–water partition coefficient (Wildman–Crippen LogP) is 4.22.